The number of hydrogen-bond acceptors (Lipinski definition) is 2. The largest absolute Gasteiger partial charge is 0.296 e. The third-order valence-corrected chi connectivity index (χ3v) is 3.43. The van der Waals surface area contributed by atoms with Gasteiger partial charge in [0.15, 0.2) is 0 Å². The molecular weight excluding hydrogens is 256 g/mol. The number of hydrogen-bond donors (Lipinski definition) is 0. The lowest BCUT2D eigenvalue weighted by molar-refractivity contribution is 1.08. The van der Waals surface area contributed by atoms with Crippen LogP contribution in [0.25, 0.3) is 22.4 Å². The predicted molar refractivity (Wildman–Crippen MR) is 88.4 cm³/mol. The Morgan fingerprint density at radius 2 is 1.38 bits per heavy atom. The lowest BCUT2D eigenvalue weighted by atomic mass is 10.0. The van der Waals surface area contributed by atoms with E-state index in [0.29, 0.717) is 6.54 Å². The topological polar surface area (TPSA) is 25.2 Å². The number of aromatic nitrogens is 1. The number of nitrogens with zero attached hydrogens (tertiary/aromatic N) is 2. The fourth-order valence-corrected chi connectivity index (χ4v) is 2.30. The van der Waals surface area contributed by atoms with Gasteiger partial charge in [-0.2, -0.15) is 0 Å². The minimum absolute atomic E-state index is 0.666. The molecule has 2 heteroatoms. The van der Waals surface area contributed by atoms with Crippen molar-refractivity contribution in [2.24, 2.45) is 4.99 Å². The van der Waals surface area contributed by atoms with Crippen LogP contribution < -0.4 is 0 Å². The molecule has 3 rings (SSSR count). The van der Waals surface area contributed by atoms with E-state index in [1.807, 2.05) is 24.4 Å². The summed E-state index contributed by atoms with van der Waals surface area (Å²) in [6.45, 7) is 4.18. The summed E-state index contributed by atoms with van der Waals surface area (Å²) in [4.78, 5) is 8.26. The highest BCUT2D eigenvalue weighted by Gasteiger charge is 2.01. The Morgan fingerprint density at radius 1 is 0.762 bits per heavy atom. The van der Waals surface area contributed by atoms with Crippen molar-refractivity contribution >= 4 is 6.72 Å². The summed E-state index contributed by atoms with van der Waals surface area (Å²) in [7, 11) is 0. The van der Waals surface area contributed by atoms with Gasteiger partial charge >= 0.3 is 0 Å². The molecule has 1 aromatic heterocycles. The Hall–Kier alpha value is -2.74. The Morgan fingerprint density at radius 3 is 1.95 bits per heavy atom. The average Bonchev–Trinajstić information content (AvgIpc) is 2.57. The zero-order valence-corrected chi connectivity index (χ0v) is 11.7. The summed E-state index contributed by atoms with van der Waals surface area (Å²) in [5, 5.41) is 0. The molecule has 0 aliphatic rings. The van der Waals surface area contributed by atoms with Gasteiger partial charge in [-0.05, 0) is 35.5 Å². The van der Waals surface area contributed by atoms with E-state index < -0.39 is 0 Å². The fraction of sp³-hybridized carbons (Fsp3) is 0.0526. The first kappa shape index (κ1) is 13.3. The second-order valence-corrected chi connectivity index (χ2v) is 4.87. The van der Waals surface area contributed by atoms with E-state index in [9.17, 15) is 0 Å². The Balaban J connectivity index is 1.85. The van der Waals surface area contributed by atoms with Crippen LogP contribution in [0.2, 0.25) is 0 Å². The minimum atomic E-state index is 0.666. The second kappa shape index (κ2) is 6.14. The summed E-state index contributed by atoms with van der Waals surface area (Å²) in [5.74, 6) is 0. The Bertz CT molecular complexity index is 714. The van der Waals surface area contributed by atoms with E-state index in [1.165, 1.54) is 16.7 Å². The second-order valence-electron chi connectivity index (χ2n) is 4.87. The lowest BCUT2D eigenvalue weighted by Crippen LogP contribution is -1.84. The summed E-state index contributed by atoms with van der Waals surface area (Å²) >= 11 is 0. The van der Waals surface area contributed by atoms with Crippen LogP contribution in [0.3, 0.4) is 0 Å². The SMILES string of the molecule is C=NCc1ccc(-c2ccc(-c3ccccn3)cc2)cc1. The van der Waals surface area contributed by atoms with E-state index in [-0.39, 0.29) is 0 Å². The lowest BCUT2D eigenvalue weighted by Gasteiger charge is -2.05. The van der Waals surface area contributed by atoms with Gasteiger partial charge in [0.2, 0.25) is 0 Å². The summed E-state index contributed by atoms with van der Waals surface area (Å²) in [6, 6.07) is 22.9. The molecule has 21 heavy (non-hydrogen) atoms. The van der Waals surface area contributed by atoms with Gasteiger partial charge in [0.1, 0.15) is 0 Å². The maximum atomic E-state index is 4.37. The van der Waals surface area contributed by atoms with Gasteiger partial charge in [-0.1, -0.05) is 54.6 Å². The minimum Gasteiger partial charge on any atom is -0.296 e. The van der Waals surface area contributed by atoms with Crippen molar-refractivity contribution in [2.45, 2.75) is 6.54 Å². The first-order valence-electron chi connectivity index (χ1n) is 6.90. The zero-order chi connectivity index (χ0) is 14.5. The smallest absolute Gasteiger partial charge is 0.0701 e. The van der Waals surface area contributed by atoms with Gasteiger partial charge in [0, 0.05) is 11.8 Å². The molecule has 0 saturated heterocycles. The molecular formula is C19H16N2. The summed E-state index contributed by atoms with van der Waals surface area (Å²) < 4.78 is 0. The molecule has 0 aliphatic carbocycles. The number of rotatable bonds is 4. The molecule has 0 aliphatic heterocycles. The van der Waals surface area contributed by atoms with Crippen molar-refractivity contribution in [3.8, 4) is 22.4 Å². The average molecular weight is 272 g/mol. The van der Waals surface area contributed by atoms with E-state index >= 15 is 0 Å². The molecule has 102 valence electrons. The molecule has 0 saturated carbocycles. The van der Waals surface area contributed by atoms with E-state index in [2.05, 4.69) is 65.2 Å². The van der Waals surface area contributed by atoms with E-state index in [4.69, 9.17) is 0 Å². The molecule has 1 heterocycles. The molecule has 0 N–H and O–H groups in total. The molecule has 0 fully saturated rings. The van der Waals surface area contributed by atoms with Crippen LogP contribution in [0.15, 0.2) is 77.9 Å². The third kappa shape index (κ3) is 3.06. The van der Waals surface area contributed by atoms with E-state index in [0.717, 1.165) is 11.3 Å². The monoisotopic (exact) mass is 272 g/mol. The van der Waals surface area contributed by atoms with Gasteiger partial charge < -0.3 is 0 Å². The van der Waals surface area contributed by atoms with Gasteiger partial charge in [0.25, 0.3) is 0 Å². The quantitative estimate of drug-likeness (QED) is 0.636. The molecule has 0 radical (unpaired) electrons. The summed E-state index contributed by atoms with van der Waals surface area (Å²) in [6.07, 6.45) is 1.82. The zero-order valence-electron chi connectivity index (χ0n) is 11.7. The van der Waals surface area contributed by atoms with Crippen LogP contribution in [0.5, 0.6) is 0 Å². The van der Waals surface area contributed by atoms with Gasteiger partial charge in [-0.25, -0.2) is 0 Å². The molecule has 0 spiro atoms. The molecule has 3 aromatic rings. The number of benzene rings is 2. The Kier molecular flexibility index (Phi) is 3.88. The third-order valence-electron chi connectivity index (χ3n) is 3.43. The highest BCUT2D eigenvalue weighted by Crippen LogP contribution is 2.24. The molecule has 0 amide bonds. The first-order valence-corrected chi connectivity index (χ1v) is 6.90. The first-order chi connectivity index (χ1) is 10.4. The van der Waals surface area contributed by atoms with Crippen LogP contribution in [0.4, 0.5) is 0 Å². The van der Waals surface area contributed by atoms with Crippen LogP contribution in [0.1, 0.15) is 5.56 Å². The van der Waals surface area contributed by atoms with Crippen molar-refractivity contribution < 1.29 is 0 Å². The van der Waals surface area contributed by atoms with Crippen LogP contribution in [-0.4, -0.2) is 11.7 Å². The van der Waals surface area contributed by atoms with Crippen LogP contribution >= 0.6 is 0 Å². The molecule has 2 aromatic carbocycles. The molecule has 0 unspecified atom stereocenters. The van der Waals surface area contributed by atoms with Crippen molar-refractivity contribution in [1.29, 1.82) is 0 Å². The predicted octanol–water partition coefficient (Wildman–Crippen LogP) is 4.62. The number of pyridine rings is 1. The van der Waals surface area contributed by atoms with E-state index in [1.54, 1.807) is 0 Å². The van der Waals surface area contributed by atoms with Gasteiger partial charge in [-0.3, -0.25) is 9.98 Å². The highest BCUT2D eigenvalue weighted by atomic mass is 14.7. The van der Waals surface area contributed by atoms with Crippen LogP contribution in [-0.2, 0) is 6.54 Å². The van der Waals surface area contributed by atoms with Gasteiger partial charge in [0.05, 0.1) is 12.2 Å². The maximum Gasteiger partial charge on any atom is 0.0701 e. The van der Waals surface area contributed by atoms with Crippen molar-refractivity contribution in [3.05, 3.63) is 78.5 Å². The fourth-order valence-electron chi connectivity index (χ4n) is 2.30. The molecule has 0 atom stereocenters. The normalized spacial score (nSPS) is 10.3. The highest BCUT2D eigenvalue weighted by molar-refractivity contribution is 5.68. The molecule has 0 bridgehead atoms. The summed E-state index contributed by atoms with van der Waals surface area (Å²) in [5.41, 5.74) is 5.71. The molecule has 2 nitrogen and oxygen atoms in total. The number of aliphatic imine (C=N–C) groups is 1. The van der Waals surface area contributed by atoms with Crippen molar-refractivity contribution in [2.75, 3.05) is 0 Å². The van der Waals surface area contributed by atoms with Crippen LogP contribution in [0, 0.1) is 0 Å². The Labute approximate surface area is 124 Å². The van der Waals surface area contributed by atoms with Gasteiger partial charge in [-0.15, -0.1) is 0 Å². The maximum absolute atomic E-state index is 4.37. The standard InChI is InChI=1S/C19H16N2/c1-20-14-15-5-7-16(8-6-15)17-9-11-18(12-10-17)19-4-2-3-13-21-19/h2-13H,1,14H2. The van der Waals surface area contributed by atoms with Crippen molar-refractivity contribution in [3.63, 3.8) is 0 Å². The van der Waals surface area contributed by atoms with Crippen molar-refractivity contribution in [1.82, 2.24) is 4.98 Å².